The predicted octanol–water partition coefficient (Wildman–Crippen LogP) is 3.42. The van der Waals surface area contributed by atoms with E-state index in [-0.39, 0.29) is 49.5 Å². The van der Waals surface area contributed by atoms with E-state index in [2.05, 4.69) is 49.5 Å². The summed E-state index contributed by atoms with van der Waals surface area (Å²) in [5.41, 5.74) is 0. The number of benzene rings is 1. The van der Waals surface area contributed by atoms with Crippen LogP contribution in [0.2, 0.25) is 13.1 Å². The molecule has 2 aromatic carbocycles. The van der Waals surface area contributed by atoms with Crippen LogP contribution >= 0.6 is 0 Å². The first-order valence-corrected chi connectivity index (χ1v) is 6.73. The average Bonchev–Trinajstić information content (AvgIpc) is 2.46. The summed E-state index contributed by atoms with van der Waals surface area (Å²) in [7, 11) is -0.273. The molecule has 2 rings (SSSR count). The van der Waals surface area contributed by atoms with Gasteiger partial charge in [0.1, 0.15) is 0 Å². The molecule has 0 fully saturated rings. The van der Waals surface area contributed by atoms with E-state index >= 15 is 0 Å². The van der Waals surface area contributed by atoms with Gasteiger partial charge in [-0.25, -0.2) is 0 Å². The molecule has 15 heavy (non-hydrogen) atoms. The predicted molar refractivity (Wildman–Crippen MR) is 69.5 cm³/mol. The Kier molecular flexibility index (Phi) is 8.35. The molecule has 81 valence electrons. The Morgan fingerprint density at radius 2 is 1.67 bits per heavy atom. The van der Waals surface area contributed by atoms with E-state index in [0.717, 1.165) is 0 Å². The first-order valence-electron chi connectivity index (χ1n) is 4.23. The van der Waals surface area contributed by atoms with Crippen molar-refractivity contribution in [1.29, 1.82) is 0 Å². The molecule has 1 radical (unpaired) electrons. The van der Waals surface area contributed by atoms with Gasteiger partial charge in [-0.1, -0.05) is 19.2 Å². The van der Waals surface area contributed by atoms with Crippen LogP contribution in [-0.4, -0.2) is 8.80 Å². The van der Waals surface area contributed by atoms with Crippen LogP contribution in [0.5, 0.6) is 0 Å². The van der Waals surface area contributed by atoms with Crippen molar-refractivity contribution in [2.45, 2.75) is 13.1 Å². The van der Waals surface area contributed by atoms with Crippen molar-refractivity contribution in [3.63, 3.8) is 0 Å². The number of hydrogen-bond donors (Lipinski definition) is 0. The molecule has 0 amide bonds. The zero-order valence-corrected chi connectivity index (χ0v) is 14.6. The van der Waals surface area contributed by atoms with E-state index in [0.29, 0.717) is 0 Å². The number of fused-ring (bicyclic) bond motifs is 1. The minimum atomic E-state index is -0.273. The van der Waals surface area contributed by atoms with Gasteiger partial charge >= 0.3 is 0 Å². The van der Waals surface area contributed by atoms with Crippen LogP contribution in [0.3, 0.4) is 0 Å². The Balaban J connectivity index is 0. The molecule has 2 aromatic rings. The van der Waals surface area contributed by atoms with Gasteiger partial charge in [0, 0.05) is 25.8 Å². The van der Waals surface area contributed by atoms with Gasteiger partial charge in [-0.3, -0.25) is 0 Å². The first kappa shape index (κ1) is 17.3. The maximum absolute atomic E-state index is 2.33. The van der Waals surface area contributed by atoms with Crippen LogP contribution < -0.4 is 5.19 Å². The summed E-state index contributed by atoms with van der Waals surface area (Å²) in [6.45, 7) is 4.66. The monoisotopic (exact) mass is 382 g/mol. The molecule has 0 saturated heterocycles. The molecule has 0 N–H and O–H groups in total. The molecule has 0 aliphatic heterocycles. The van der Waals surface area contributed by atoms with E-state index in [1.807, 2.05) is 0 Å². The third-order valence-electron chi connectivity index (χ3n) is 2.20. The van der Waals surface area contributed by atoms with Gasteiger partial charge in [-0.15, -0.1) is 29.7 Å². The van der Waals surface area contributed by atoms with Gasteiger partial charge in [0.25, 0.3) is 0 Å². The minimum absolute atomic E-state index is 0. The average molecular weight is 381 g/mol. The number of hydrogen-bond acceptors (Lipinski definition) is 0. The molecule has 0 bridgehead atoms. The maximum atomic E-state index is 2.33. The fourth-order valence-corrected chi connectivity index (χ4v) is 2.33. The topological polar surface area (TPSA) is 0 Å². The molecule has 0 heterocycles. The standard InChI is InChI=1S/C11H12Si.2CH3.Hf/c1-12(2)11-7-9-5-3-4-6-10(9)8-11;;;/h3-8H,1-2H3;2*1H3;/q3*-1;. The molecule has 0 atom stereocenters. The van der Waals surface area contributed by atoms with Gasteiger partial charge in [0.05, 0.1) is 8.80 Å². The molecule has 0 unspecified atom stereocenters. The second kappa shape index (κ2) is 7.23. The maximum Gasteiger partial charge on any atom is 0.0562 e. The minimum Gasteiger partial charge on any atom is -0.358 e. The van der Waals surface area contributed by atoms with Crippen molar-refractivity contribution in [2.24, 2.45) is 0 Å². The van der Waals surface area contributed by atoms with Crippen molar-refractivity contribution >= 4 is 24.8 Å². The fraction of sp³-hybridized carbons (Fsp3) is 0.154. The summed E-state index contributed by atoms with van der Waals surface area (Å²) in [4.78, 5) is 0. The van der Waals surface area contributed by atoms with Crippen molar-refractivity contribution in [2.75, 3.05) is 0 Å². The smallest absolute Gasteiger partial charge is 0.0562 e. The Morgan fingerprint density at radius 1 is 1.07 bits per heavy atom. The molecule has 0 aliphatic carbocycles. The van der Waals surface area contributed by atoms with Crippen molar-refractivity contribution in [3.8, 4) is 0 Å². The van der Waals surface area contributed by atoms with Gasteiger partial charge in [-0.05, 0) is 0 Å². The Morgan fingerprint density at radius 3 is 2.20 bits per heavy atom. The largest absolute Gasteiger partial charge is 0.358 e. The third kappa shape index (κ3) is 3.76. The summed E-state index contributed by atoms with van der Waals surface area (Å²) >= 11 is 0. The van der Waals surface area contributed by atoms with E-state index < -0.39 is 0 Å². The molecule has 0 nitrogen and oxygen atoms in total. The summed E-state index contributed by atoms with van der Waals surface area (Å²) < 4.78 is 0. The van der Waals surface area contributed by atoms with Crippen LogP contribution in [-0.2, 0) is 25.8 Å². The second-order valence-corrected chi connectivity index (χ2v) is 5.95. The zero-order valence-electron chi connectivity index (χ0n) is 9.96. The molecular formula is C13H18HfSi-3. The second-order valence-electron chi connectivity index (χ2n) is 3.37. The molecule has 0 aromatic heterocycles. The summed E-state index contributed by atoms with van der Waals surface area (Å²) in [6.07, 6.45) is 0. The van der Waals surface area contributed by atoms with Crippen LogP contribution in [0.4, 0.5) is 0 Å². The molecular weight excluding hydrogens is 363 g/mol. The van der Waals surface area contributed by atoms with E-state index in [1.165, 1.54) is 10.8 Å². The molecule has 0 saturated carbocycles. The van der Waals surface area contributed by atoms with Crippen LogP contribution in [0.25, 0.3) is 10.8 Å². The Hall–Kier alpha value is -0.0830. The van der Waals surface area contributed by atoms with E-state index in [1.54, 1.807) is 5.19 Å². The molecule has 2 heteroatoms. The zero-order chi connectivity index (χ0) is 8.55. The molecule has 0 spiro atoms. The van der Waals surface area contributed by atoms with Gasteiger partial charge in [-0.2, -0.15) is 16.6 Å². The number of rotatable bonds is 1. The van der Waals surface area contributed by atoms with E-state index in [9.17, 15) is 0 Å². The first-order chi connectivity index (χ1) is 5.77. The van der Waals surface area contributed by atoms with Crippen LogP contribution in [0.1, 0.15) is 0 Å². The van der Waals surface area contributed by atoms with Gasteiger partial charge in [0.15, 0.2) is 0 Å². The quantitative estimate of drug-likeness (QED) is 0.525. The summed E-state index contributed by atoms with van der Waals surface area (Å²) in [5.74, 6) is 0. The third-order valence-corrected chi connectivity index (χ3v) is 3.64. The van der Waals surface area contributed by atoms with Gasteiger partial charge in [0.2, 0.25) is 0 Å². The van der Waals surface area contributed by atoms with Crippen molar-refractivity contribution in [1.82, 2.24) is 0 Å². The van der Waals surface area contributed by atoms with Gasteiger partial charge < -0.3 is 14.9 Å². The van der Waals surface area contributed by atoms with Crippen LogP contribution in [0, 0.1) is 14.9 Å². The summed E-state index contributed by atoms with van der Waals surface area (Å²) in [5, 5.41) is 4.32. The van der Waals surface area contributed by atoms with Crippen molar-refractivity contribution in [3.05, 3.63) is 51.3 Å². The fourth-order valence-electron chi connectivity index (χ4n) is 1.44. The molecule has 0 aliphatic rings. The normalized spacial score (nSPS) is 9.00. The van der Waals surface area contributed by atoms with Crippen LogP contribution in [0.15, 0.2) is 36.4 Å². The Labute approximate surface area is 114 Å². The summed E-state index contributed by atoms with van der Waals surface area (Å²) in [6, 6.07) is 13.2. The van der Waals surface area contributed by atoms with E-state index in [4.69, 9.17) is 0 Å². The van der Waals surface area contributed by atoms with Crippen molar-refractivity contribution < 1.29 is 25.8 Å². The Bertz CT molecular complexity index is 357. The SMILES string of the molecule is C[Si](C)c1cc2ccccc2[cH-]1.[CH3-].[CH3-].[Hf].